The monoisotopic (exact) mass is 300 g/mol. The zero-order valence-corrected chi connectivity index (χ0v) is 11.2. The number of aliphatic hydroxyl groups excluding tert-OH is 1. The van der Waals surface area contributed by atoms with Crippen molar-refractivity contribution in [2.75, 3.05) is 31.3 Å². The van der Waals surface area contributed by atoms with E-state index in [0.29, 0.717) is 19.8 Å². The molecule has 1 aliphatic rings. The second-order valence-electron chi connectivity index (χ2n) is 4.08. The third-order valence-corrected chi connectivity index (χ3v) is 3.76. The van der Waals surface area contributed by atoms with Gasteiger partial charge in [-0.15, -0.1) is 0 Å². The molecule has 0 saturated carbocycles. The number of morpholine rings is 1. The first kappa shape index (κ1) is 12.8. The zero-order valence-electron chi connectivity index (χ0n) is 9.60. The van der Waals surface area contributed by atoms with Gasteiger partial charge in [-0.3, -0.25) is 0 Å². The topological polar surface area (TPSA) is 58.7 Å². The van der Waals surface area contributed by atoms with Crippen LogP contribution in [0.3, 0.4) is 0 Å². The minimum absolute atomic E-state index is 0.0411. The first-order valence-corrected chi connectivity index (χ1v) is 6.49. The van der Waals surface area contributed by atoms with Crippen LogP contribution in [-0.4, -0.2) is 37.5 Å². The van der Waals surface area contributed by atoms with Gasteiger partial charge in [-0.2, -0.15) is 0 Å². The van der Waals surface area contributed by atoms with Gasteiger partial charge in [0.2, 0.25) is 0 Å². The molecule has 1 atom stereocenters. The Balaban J connectivity index is 2.23. The van der Waals surface area contributed by atoms with Gasteiger partial charge in [-0.25, -0.2) is 0 Å². The number of halogens is 1. The van der Waals surface area contributed by atoms with Crippen LogP contribution in [0.1, 0.15) is 5.56 Å². The predicted octanol–water partition coefficient (Wildman–Crippen LogP) is 1.11. The zero-order chi connectivity index (χ0) is 12.3. The van der Waals surface area contributed by atoms with Gasteiger partial charge in [0.15, 0.2) is 0 Å². The van der Waals surface area contributed by atoms with Crippen LogP contribution in [0.2, 0.25) is 0 Å². The lowest BCUT2D eigenvalue weighted by atomic mass is 10.1. The lowest BCUT2D eigenvalue weighted by Gasteiger charge is -2.36. The van der Waals surface area contributed by atoms with Crippen LogP contribution in [0.5, 0.6) is 0 Å². The average Bonchev–Trinajstić information content (AvgIpc) is 2.38. The molecule has 0 bridgehead atoms. The van der Waals surface area contributed by atoms with Gasteiger partial charge >= 0.3 is 0 Å². The normalized spacial score (nSPS) is 20.6. The first-order chi connectivity index (χ1) is 8.26. The van der Waals surface area contributed by atoms with Crippen molar-refractivity contribution in [3.8, 4) is 0 Å². The SMILES string of the molecule is NCc1ccc(N2CCOCC2CO)cc1Br. The molecule has 1 aromatic rings. The van der Waals surface area contributed by atoms with Crippen molar-refractivity contribution < 1.29 is 9.84 Å². The Morgan fingerprint density at radius 2 is 2.35 bits per heavy atom. The largest absolute Gasteiger partial charge is 0.394 e. The van der Waals surface area contributed by atoms with Gasteiger partial charge in [0.05, 0.1) is 25.9 Å². The predicted molar refractivity (Wildman–Crippen MR) is 71.1 cm³/mol. The summed E-state index contributed by atoms with van der Waals surface area (Å²) in [5.74, 6) is 0. The summed E-state index contributed by atoms with van der Waals surface area (Å²) < 4.78 is 6.38. The molecule has 94 valence electrons. The van der Waals surface area contributed by atoms with Crippen LogP contribution < -0.4 is 10.6 Å². The number of nitrogens with two attached hydrogens (primary N) is 1. The van der Waals surface area contributed by atoms with Crippen molar-refractivity contribution in [3.05, 3.63) is 28.2 Å². The van der Waals surface area contributed by atoms with E-state index in [2.05, 4.69) is 26.9 Å². The summed E-state index contributed by atoms with van der Waals surface area (Å²) in [6.45, 7) is 2.71. The second kappa shape index (κ2) is 5.82. The molecule has 1 heterocycles. The molecule has 17 heavy (non-hydrogen) atoms. The van der Waals surface area contributed by atoms with Gasteiger partial charge < -0.3 is 20.5 Å². The third-order valence-electron chi connectivity index (χ3n) is 3.03. The Labute approximate surface area is 109 Å². The molecule has 4 nitrogen and oxygen atoms in total. The standard InChI is InChI=1S/C12H17BrN2O2/c13-12-5-10(2-1-9(12)6-14)15-3-4-17-8-11(15)7-16/h1-2,5,11,16H,3-4,6-8,14H2. The summed E-state index contributed by atoms with van der Waals surface area (Å²) in [6.07, 6.45) is 0. The fourth-order valence-corrected chi connectivity index (χ4v) is 2.55. The Hall–Kier alpha value is -0.620. The molecule has 1 unspecified atom stereocenters. The van der Waals surface area contributed by atoms with E-state index in [-0.39, 0.29) is 12.6 Å². The van der Waals surface area contributed by atoms with E-state index >= 15 is 0 Å². The van der Waals surface area contributed by atoms with E-state index in [1.807, 2.05) is 12.1 Å². The quantitative estimate of drug-likeness (QED) is 0.878. The summed E-state index contributed by atoms with van der Waals surface area (Å²) in [6, 6.07) is 6.15. The second-order valence-corrected chi connectivity index (χ2v) is 4.94. The van der Waals surface area contributed by atoms with Crippen molar-refractivity contribution in [3.63, 3.8) is 0 Å². The Bertz CT molecular complexity index is 387. The maximum absolute atomic E-state index is 9.34. The number of benzene rings is 1. The van der Waals surface area contributed by atoms with Gasteiger partial charge in [0, 0.05) is 23.2 Å². The molecule has 0 radical (unpaired) electrons. The highest BCUT2D eigenvalue weighted by atomic mass is 79.9. The lowest BCUT2D eigenvalue weighted by Crippen LogP contribution is -2.47. The molecule has 1 saturated heterocycles. The first-order valence-electron chi connectivity index (χ1n) is 5.70. The van der Waals surface area contributed by atoms with Gasteiger partial charge in [0.25, 0.3) is 0 Å². The van der Waals surface area contributed by atoms with Crippen LogP contribution in [0.25, 0.3) is 0 Å². The van der Waals surface area contributed by atoms with Crippen molar-refractivity contribution in [2.45, 2.75) is 12.6 Å². The minimum Gasteiger partial charge on any atom is -0.394 e. The van der Waals surface area contributed by atoms with E-state index in [1.165, 1.54) is 0 Å². The van der Waals surface area contributed by atoms with E-state index in [0.717, 1.165) is 22.3 Å². The molecule has 0 spiro atoms. The maximum atomic E-state index is 9.34. The van der Waals surface area contributed by atoms with Crippen molar-refractivity contribution in [1.82, 2.24) is 0 Å². The Morgan fingerprint density at radius 1 is 1.53 bits per heavy atom. The van der Waals surface area contributed by atoms with E-state index < -0.39 is 0 Å². The summed E-state index contributed by atoms with van der Waals surface area (Å²) >= 11 is 3.52. The summed E-state index contributed by atoms with van der Waals surface area (Å²) in [5.41, 5.74) is 7.81. The molecular weight excluding hydrogens is 284 g/mol. The molecule has 0 amide bonds. The van der Waals surface area contributed by atoms with Crippen LogP contribution >= 0.6 is 15.9 Å². The van der Waals surface area contributed by atoms with E-state index in [4.69, 9.17) is 10.5 Å². The molecule has 5 heteroatoms. The van der Waals surface area contributed by atoms with Gasteiger partial charge in [0.1, 0.15) is 0 Å². The van der Waals surface area contributed by atoms with Crippen molar-refractivity contribution >= 4 is 21.6 Å². The molecule has 0 aromatic heterocycles. The Kier molecular flexibility index (Phi) is 4.39. The highest BCUT2D eigenvalue weighted by molar-refractivity contribution is 9.10. The summed E-state index contributed by atoms with van der Waals surface area (Å²) in [7, 11) is 0. The van der Waals surface area contributed by atoms with Gasteiger partial charge in [-0.1, -0.05) is 22.0 Å². The number of rotatable bonds is 3. The molecule has 0 aliphatic carbocycles. The molecule has 1 aromatic carbocycles. The fourth-order valence-electron chi connectivity index (χ4n) is 2.03. The lowest BCUT2D eigenvalue weighted by molar-refractivity contribution is 0.0727. The van der Waals surface area contributed by atoms with Crippen LogP contribution in [0.4, 0.5) is 5.69 Å². The summed E-state index contributed by atoms with van der Waals surface area (Å²) in [4.78, 5) is 2.18. The number of hydrogen-bond donors (Lipinski definition) is 2. The van der Waals surface area contributed by atoms with Crippen LogP contribution in [0.15, 0.2) is 22.7 Å². The maximum Gasteiger partial charge on any atom is 0.0755 e. The molecule has 3 N–H and O–H groups in total. The van der Waals surface area contributed by atoms with Crippen molar-refractivity contribution in [1.29, 1.82) is 0 Å². The number of anilines is 1. The van der Waals surface area contributed by atoms with Crippen LogP contribution in [-0.2, 0) is 11.3 Å². The average molecular weight is 301 g/mol. The molecule has 1 aliphatic heterocycles. The number of nitrogens with zero attached hydrogens (tertiary/aromatic N) is 1. The highest BCUT2D eigenvalue weighted by Gasteiger charge is 2.22. The molecule has 1 fully saturated rings. The van der Waals surface area contributed by atoms with Gasteiger partial charge in [-0.05, 0) is 17.7 Å². The number of ether oxygens (including phenoxy) is 1. The summed E-state index contributed by atoms with van der Waals surface area (Å²) in [5, 5.41) is 9.34. The van der Waals surface area contributed by atoms with E-state index in [9.17, 15) is 5.11 Å². The van der Waals surface area contributed by atoms with E-state index in [1.54, 1.807) is 0 Å². The Morgan fingerprint density at radius 3 is 3.00 bits per heavy atom. The minimum atomic E-state index is 0.0411. The highest BCUT2D eigenvalue weighted by Crippen LogP contribution is 2.26. The third kappa shape index (κ3) is 2.80. The molecule has 2 rings (SSSR count). The number of aliphatic hydroxyl groups is 1. The van der Waals surface area contributed by atoms with Crippen molar-refractivity contribution in [2.24, 2.45) is 5.73 Å². The molecular formula is C12H17BrN2O2. The fraction of sp³-hybridized carbons (Fsp3) is 0.500. The number of hydrogen-bond acceptors (Lipinski definition) is 4. The smallest absolute Gasteiger partial charge is 0.0755 e. The van der Waals surface area contributed by atoms with Crippen LogP contribution in [0, 0.1) is 0 Å².